The highest BCUT2D eigenvalue weighted by molar-refractivity contribution is 8.24. The molecule has 0 fully saturated rings. The zero-order valence-electron chi connectivity index (χ0n) is 14.8. The van der Waals surface area contributed by atoms with E-state index >= 15 is 0 Å². The molecule has 0 radical (unpaired) electrons. The Balaban J connectivity index is 3.29. The number of benzene rings is 1. The number of alkyl halides is 3. The highest BCUT2D eigenvalue weighted by Crippen LogP contribution is 2.48. The Morgan fingerprint density at radius 3 is 2.39 bits per heavy atom. The Morgan fingerprint density at radius 1 is 1.25 bits per heavy atom. The average molecular weight is 460 g/mol. The molecule has 1 atom stereocenters. The fraction of sp³-hybridized carbons (Fsp3) is 0.600. The third kappa shape index (κ3) is 7.95. The third-order valence-corrected chi connectivity index (χ3v) is 5.95. The number of hydrogen-bond donors (Lipinski definition) is 3. The summed E-state index contributed by atoms with van der Waals surface area (Å²) in [5, 5.41) is 20.7. The van der Waals surface area contributed by atoms with Gasteiger partial charge in [-0.25, -0.2) is 10.1 Å². The van der Waals surface area contributed by atoms with Gasteiger partial charge >= 0.3 is 6.18 Å². The summed E-state index contributed by atoms with van der Waals surface area (Å²) < 4.78 is 39.4. The molecule has 0 aliphatic heterocycles. The molecule has 1 aromatic carbocycles. The van der Waals surface area contributed by atoms with Gasteiger partial charge in [-0.05, 0) is 18.1 Å². The number of hydrogen-bond acceptors (Lipinski definition) is 7. The van der Waals surface area contributed by atoms with Crippen LogP contribution in [0.4, 0.5) is 13.2 Å². The number of nitro groups is 2. The van der Waals surface area contributed by atoms with Crippen molar-refractivity contribution < 1.29 is 23.1 Å². The van der Waals surface area contributed by atoms with E-state index in [1.165, 1.54) is 6.07 Å². The Hall–Kier alpha value is -1.34. The van der Waals surface area contributed by atoms with Crippen molar-refractivity contribution in [2.75, 3.05) is 6.54 Å². The number of unbranched alkanes of at least 4 members (excludes halogenated alkanes) is 1. The number of nitrogens with zero attached hydrogens (tertiary/aromatic N) is 2. The lowest BCUT2D eigenvalue weighted by Gasteiger charge is -2.26. The molecule has 0 heterocycles. The molecule has 0 saturated heterocycles. The zero-order valence-corrected chi connectivity index (χ0v) is 17.4. The van der Waals surface area contributed by atoms with E-state index in [0.29, 0.717) is 12.8 Å². The van der Waals surface area contributed by atoms with E-state index in [4.69, 9.17) is 0 Å². The monoisotopic (exact) mass is 459 g/mol. The average Bonchev–Trinajstić information content (AvgIpc) is 2.56. The molecule has 0 amide bonds. The van der Waals surface area contributed by atoms with Gasteiger partial charge in [-0.2, -0.15) is 38.4 Å². The van der Waals surface area contributed by atoms with E-state index in [9.17, 15) is 33.4 Å². The van der Waals surface area contributed by atoms with Crippen LogP contribution in [0.15, 0.2) is 23.1 Å². The van der Waals surface area contributed by atoms with Gasteiger partial charge in [-0.1, -0.05) is 43.7 Å². The first-order valence-electron chi connectivity index (χ1n) is 8.21. The highest BCUT2D eigenvalue weighted by Gasteiger charge is 2.37. The molecule has 0 aliphatic rings. The predicted molar refractivity (Wildman–Crippen MR) is 107 cm³/mol. The van der Waals surface area contributed by atoms with Gasteiger partial charge < -0.3 is 0 Å². The van der Waals surface area contributed by atoms with Gasteiger partial charge in [-0.3, -0.25) is 10.1 Å². The highest BCUT2D eigenvalue weighted by atomic mass is 32.2. The summed E-state index contributed by atoms with van der Waals surface area (Å²) in [5.41, 5.74) is 0.833. The quantitative estimate of drug-likeness (QED) is 0.149. The number of nitrogens with one attached hydrogen (secondary N) is 1. The standard InChI is InChI=1S/C15H20F3N3O4S3/c1-2-3-7-14(26,27)28-13-10(5-4-6-12(13)15(16,17)18)8-11(20(22)23)9-19-21(24)25/h4-6,11,19,26-27H,2-3,7-9H2,1H3. The first kappa shape index (κ1) is 24.7. The fourth-order valence-electron chi connectivity index (χ4n) is 2.37. The lowest BCUT2D eigenvalue weighted by Crippen LogP contribution is -2.37. The van der Waals surface area contributed by atoms with Crippen LogP contribution in [0.25, 0.3) is 0 Å². The molecule has 7 nitrogen and oxygen atoms in total. The van der Waals surface area contributed by atoms with Crippen LogP contribution in [0.3, 0.4) is 0 Å². The summed E-state index contributed by atoms with van der Waals surface area (Å²) in [7, 11) is 0. The van der Waals surface area contributed by atoms with Crippen molar-refractivity contribution in [1.29, 1.82) is 0 Å². The second-order valence-corrected chi connectivity index (χ2v) is 9.80. The van der Waals surface area contributed by atoms with Gasteiger partial charge in [0.2, 0.25) is 6.04 Å². The van der Waals surface area contributed by atoms with Gasteiger partial charge in [0.05, 0.1) is 5.56 Å². The van der Waals surface area contributed by atoms with Gasteiger partial charge in [0, 0.05) is 16.2 Å². The van der Waals surface area contributed by atoms with E-state index in [-0.39, 0.29) is 10.5 Å². The molecule has 1 unspecified atom stereocenters. The fourth-order valence-corrected chi connectivity index (χ4v) is 4.38. The number of hydrazine groups is 1. The van der Waals surface area contributed by atoms with Gasteiger partial charge in [0.15, 0.2) is 5.03 Å². The number of thioether (sulfide) groups is 1. The molecule has 0 aliphatic carbocycles. The molecule has 0 bridgehead atoms. The lowest BCUT2D eigenvalue weighted by molar-refractivity contribution is -0.569. The maximum absolute atomic E-state index is 13.5. The smallest absolute Gasteiger partial charge is 0.264 e. The van der Waals surface area contributed by atoms with Crippen LogP contribution in [0, 0.1) is 20.2 Å². The van der Waals surface area contributed by atoms with Crippen LogP contribution in [0.5, 0.6) is 0 Å². The second-order valence-electron chi connectivity index (χ2n) is 6.00. The summed E-state index contributed by atoms with van der Waals surface area (Å²) in [6, 6.07) is 1.92. The van der Waals surface area contributed by atoms with Crippen molar-refractivity contribution in [2.45, 2.75) is 53.1 Å². The molecule has 1 rings (SSSR count). The Kier molecular flexibility index (Phi) is 9.21. The molecular weight excluding hydrogens is 439 g/mol. The first-order chi connectivity index (χ1) is 12.9. The number of thiol groups is 2. The van der Waals surface area contributed by atoms with E-state index in [1.807, 2.05) is 6.92 Å². The molecule has 0 saturated carbocycles. The Morgan fingerprint density at radius 2 is 1.89 bits per heavy atom. The van der Waals surface area contributed by atoms with E-state index in [1.54, 1.807) is 5.43 Å². The van der Waals surface area contributed by atoms with Crippen LogP contribution in [-0.4, -0.2) is 26.0 Å². The van der Waals surface area contributed by atoms with Crippen LogP contribution >= 0.6 is 37.0 Å². The van der Waals surface area contributed by atoms with Crippen LogP contribution in [0.1, 0.15) is 37.3 Å². The third-order valence-electron chi connectivity index (χ3n) is 3.73. The van der Waals surface area contributed by atoms with Crippen molar-refractivity contribution >= 4 is 37.0 Å². The largest absolute Gasteiger partial charge is 0.417 e. The minimum atomic E-state index is -4.68. The van der Waals surface area contributed by atoms with Crippen LogP contribution in [-0.2, 0) is 12.6 Å². The molecular formula is C15H20F3N3O4S3. The summed E-state index contributed by atoms with van der Waals surface area (Å²) in [6.45, 7) is 1.30. The zero-order chi connectivity index (χ0) is 21.5. The molecule has 158 valence electrons. The van der Waals surface area contributed by atoms with Crippen molar-refractivity contribution in [1.82, 2.24) is 5.43 Å². The van der Waals surface area contributed by atoms with E-state index < -0.39 is 44.1 Å². The maximum atomic E-state index is 13.5. The first-order valence-corrected chi connectivity index (χ1v) is 9.92. The molecule has 0 aromatic heterocycles. The second kappa shape index (κ2) is 10.4. The SMILES string of the molecule is CCCCC(S)(S)Sc1c(CC(CN[N+](=O)[O-])[N+](=O)[O-])cccc1C(F)(F)F. The summed E-state index contributed by atoms with van der Waals surface area (Å²) in [5.74, 6) is 0. The van der Waals surface area contributed by atoms with Crippen molar-refractivity contribution in [3.05, 3.63) is 49.6 Å². The molecule has 28 heavy (non-hydrogen) atoms. The topological polar surface area (TPSA) is 98.3 Å². The number of halogens is 3. The van der Waals surface area contributed by atoms with Crippen molar-refractivity contribution in [2.24, 2.45) is 0 Å². The normalized spacial score (nSPS) is 13.2. The predicted octanol–water partition coefficient (Wildman–Crippen LogP) is 4.47. The minimum absolute atomic E-state index is 0.0654. The van der Waals surface area contributed by atoms with E-state index in [0.717, 1.165) is 30.3 Å². The molecule has 0 spiro atoms. The Bertz CT molecular complexity index is 705. The maximum Gasteiger partial charge on any atom is 0.417 e. The van der Waals surface area contributed by atoms with Crippen molar-refractivity contribution in [3.63, 3.8) is 0 Å². The van der Waals surface area contributed by atoms with Gasteiger partial charge in [0.25, 0.3) is 0 Å². The summed E-state index contributed by atoms with van der Waals surface area (Å²) >= 11 is 9.47. The van der Waals surface area contributed by atoms with Crippen LogP contribution < -0.4 is 5.43 Å². The summed E-state index contributed by atoms with van der Waals surface area (Å²) in [6.07, 6.45) is -3.19. The Labute approximate surface area is 174 Å². The molecule has 1 N–H and O–H groups in total. The molecule has 1 aromatic rings. The summed E-state index contributed by atoms with van der Waals surface area (Å²) in [4.78, 5) is 20.7. The van der Waals surface area contributed by atoms with Gasteiger partial charge in [-0.15, -0.1) is 5.43 Å². The van der Waals surface area contributed by atoms with E-state index in [2.05, 4.69) is 25.3 Å². The minimum Gasteiger partial charge on any atom is -0.264 e. The lowest BCUT2D eigenvalue weighted by atomic mass is 10.0. The van der Waals surface area contributed by atoms with Gasteiger partial charge in [0.1, 0.15) is 9.96 Å². The van der Waals surface area contributed by atoms with Crippen molar-refractivity contribution in [3.8, 4) is 0 Å². The number of rotatable bonds is 11. The molecule has 13 heteroatoms. The van der Waals surface area contributed by atoms with Crippen LogP contribution in [0.2, 0.25) is 0 Å².